The minimum absolute atomic E-state index is 0.00118. The average molecular weight is 375 g/mol. The molecule has 0 spiro atoms. The summed E-state index contributed by atoms with van der Waals surface area (Å²) in [5.41, 5.74) is 0.275. The number of pyridine rings is 1. The molecule has 1 atom stereocenters. The van der Waals surface area contributed by atoms with Crippen molar-refractivity contribution in [3.63, 3.8) is 0 Å². The Morgan fingerprint density at radius 2 is 2.07 bits per heavy atom. The van der Waals surface area contributed by atoms with E-state index >= 15 is 0 Å². The molecule has 0 radical (unpaired) electrons. The highest BCUT2D eigenvalue weighted by atomic mass is 16.5. The summed E-state index contributed by atoms with van der Waals surface area (Å²) in [5, 5.41) is 28.8. The normalized spacial score (nSPS) is 11.9. The van der Waals surface area contributed by atoms with Crippen LogP contribution in [0.15, 0.2) is 30.0 Å². The highest BCUT2D eigenvalue weighted by Crippen LogP contribution is 2.11. The van der Waals surface area contributed by atoms with E-state index in [0.717, 1.165) is 6.34 Å². The van der Waals surface area contributed by atoms with E-state index in [2.05, 4.69) is 15.6 Å². The maximum absolute atomic E-state index is 12.4. The fourth-order valence-electron chi connectivity index (χ4n) is 2.17. The standard InChI is InChI=1S/C17H25N7O3/c1-11(9-26-3)24(10-18)15(19)13-6-5-7-14(22-13)23-17(25)12(8-21-2)16(20)27-4/h5-8,10-11,18-21H,9H2,1-4H3,(H,22,23,25)/b12-8+,18-10?,19-15?,20-16?/t11-/m1/s1. The van der Waals surface area contributed by atoms with Crippen LogP contribution in [0, 0.1) is 16.2 Å². The number of amidine groups is 1. The van der Waals surface area contributed by atoms with Crippen LogP contribution in [0.25, 0.3) is 0 Å². The topological polar surface area (TPSA) is 147 Å². The Morgan fingerprint density at radius 1 is 1.37 bits per heavy atom. The molecule has 0 fully saturated rings. The molecule has 146 valence electrons. The lowest BCUT2D eigenvalue weighted by Crippen LogP contribution is -2.40. The highest BCUT2D eigenvalue weighted by molar-refractivity contribution is 6.21. The second-order valence-corrected chi connectivity index (χ2v) is 5.43. The van der Waals surface area contributed by atoms with Crippen LogP contribution in [0.2, 0.25) is 0 Å². The minimum atomic E-state index is -0.580. The van der Waals surface area contributed by atoms with Crippen molar-refractivity contribution in [2.75, 3.05) is 33.2 Å². The fraction of sp³-hybridized carbons (Fsp3) is 0.353. The SMILES string of the molecule is CN/C=C(\C(=N)OC)C(=O)Nc1cccc(C(=N)N(C=N)[C@H](C)COC)n1. The zero-order chi connectivity index (χ0) is 20.4. The quantitative estimate of drug-likeness (QED) is 0.247. The monoisotopic (exact) mass is 375 g/mol. The summed E-state index contributed by atoms with van der Waals surface area (Å²) in [6, 6.07) is 4.58. The molecular weight excluding hydrogens is 350 g/mol. The van der Waals surface area contributed by atoms with Gasteiger partial charge in [-0.3, -0.25) is 21.0 Å². The van der Waals surface area contributed by atoms with E-state index in [1.54, 1.807) is 32.4 Å². The summed E-state index contributed by atoms with van der Waals surface area (Å²) < 4.78 is 9.87. The third kappa shape index (κ3) is 5.89. The van der Waals surface area contributed by atoms with E-state index in [0.29, 0.717) is 6.61 Å². The van der Waals surface area contributed by atoms with Crippen molar-refractivity contribution in [3.05, 3.63) is 35.7 Å². The molecule has 0 aliphatic heterocycles. The van der Waals surface area contributed by atoms with Crippen LogP contribution in [0.5, 0.6) is 0 Å². The Balaban J connectivity index is 3.03. The van der Waals surface area contributed by atoms with Gasteiger partial charge in [-0.25, -0.2) is 4.98 Å². The number of ether oxygens (including phenoxy) is 2. The second-order valence-electron chi connectivity index (χ2n) is 5.43. The molecule has 1 aromatic rings. The summed E-state index contributed by atoms with van der Waals surface area (Å²) in [5.74, 6) is -0.670. The van der Waals surface area contributed by atoms with Gasteiger partial charge in [0.1, 0.15) is 17.1 Å². The van der Waals surface area contributed by atoms with Crippen molar-refractivity contribution in [2.24, 2.45) is 0 Å². The van der Waals surface area contributed by atoms with Gasteiger partial charge >= 0.3 is 0 Å². The number of methoxy groups -OCH3 is 2. The molecule has 1 rings (SSSR count). The number of hydrogen-bond acceptors (Lipinski definition) is 8. The summed E-state index contributed by atoms with van der Waals surface area (Å²) >= 11 is 0. The zero-order valence-electron chi connectivity index (χ0n) is 15.8. The maximum atomic E-state index is 12.4. The smallest absolute Gasteiger partial charge is 0.263 e. The van der Waals surface area contributed by atoms with Gasteiger partial charge in [0.25, 0.3) is 5.91 Å². The van der Waals surface area contributed by atoms with Crippen molar-refractivity contribution < 1.29 is 14.3 Å². The third-order valence-corrected chi connectivity index (χ3v) is 3.50. The molecule has 0 aliphatic rings. The molecule has 27 heavy (non-hydrogen) atoms. The first-order chi connectivity index (χ1) is 12.9. The molecule has 1 heterocycles. The van der Waals surface area contributed by atoms with Crippen LogP contribution in [-0.4, -0.2) is 67.8 Å². The predicted molar refractivity (Wildman–Crippen MR) is 104 cm³/mol. The lowest BCUT2D eigenvalue weighted by molar-refractivity contribution is -0.112. The molecule has 0 unspecified atom stereocenters. The van der Waals surface area contributed by atoms with E-state index in [1.165, 1.54) is 18.2 Å². The minimum Gasteiger partial charge on any atom is -0.481 e. The van der Waals surface area contributed by atoms with Crippen LogP contribution >= 0.6 is 0 Å². The van der Waals surface area contributed by atoms with Gasteiger partial charge in [-0.05, 0) is 19.1 Å². The first-order valence-corrected chi connectivity index (χ1v) is 8.05. The van der Waals surface area contributed by atoms with E-state index < -0.39 is 5.91 Å². The molecule has 5 N–H and O–H groups in total. The van der Waals surface area contributed by atoms with Gasteiger partial charge in [0.15, 0.2) is 5.84 Å². The van der Waals surface area contributed by atoms with Gasteiger partial charge in [-0.2, -0.15) is 0 Å². The van der Waals surface area contributed by atoms with Gasteiger partial charge in [-0.15, -0.1) is 0 Å². The lowest BCUT2D eigenvalue weighted by atomic mass is 10.2. The Labute approximate surface area is 158 Å². The van der Waals surface area contributed by atoms with Crippen LogP contribution in [-0.2, 0) is 14.3 Å². The molecule has 0 aromatic carbocycles. The number of nitrogens with one attached hydrogen (secondary N) is 5. The summed E-state index contributed by atoms with van der Waals surface area (Å²) in [4.78, 5) is 18.0. The van der Waals surface area contributed by atoms with E-state index in [1.807, 2.05) is 6.92 Å². The van der Waals surface area contributed by atoms with Gasteiger partial charge in [0.2, 0.25) is 5.90 Å². The fourth-order valence-corrected chi connectivity index (χ4v) is 2.17. The van der Waals surface area contributed by atoms with Crippen molar-refractivity contribution in [3.8, 4) is 0 Å². The second kappa shape index (κ2) is 10.7. The van der Waals surface area contributed by atoms with Crippen molar-refractivity contribution in [2.45, 2.75) is 13.0 Å². The number of aromatic nitrogens is 1. The first kappa shape index (κ1) is 21.8. The van der Waals surface area contributed by atoms with E-state index in [9.17, 15) is 4.79 Å². The predicted octanol–water partition coefficient (Wildman–Crippen LogP) is 1.02. The highest BCUT2D eigenvalue weighted by Gasteiger charge is 2.19. The third-order valence-electron chi connectivity index (χ3n) is 3.50. The number of nitrogens with zero attached hydrogens (tertiary/aromatic N) is 2. The summed E-state index contributed by atoms with van der Waals surface area (Å²) in [7, 11) is 4.44. The van der Waals surface area contributed by atoms with Crippen molar-refractivity contribution >= 4 is 29.8 Å². The van der Waals surface area contributed by atoms with Gasteiger partial charge in [0, 0.05) is 20.4 Å². The Bertz CT molecular complexity index is 733. The molecular formula is C17H25N7O3. The van der Waals surface area contributed by atoms with Crippen LogP contribution in [0.4, 0.5) is 5.82 Å². The molecule has 10 nitrogen and oxygen atoms in total. The Hall–Kier alpha value is -3.27. The number of hydrogen-bond donors (Lipinski definition) is 5. The van der Waals surface area contributed by atoms with Crippen molar-refractivity contribution in [1.29, 1.82) is 16.2 Å². The average Bonchev–Trinajstić information content (AvgIpc) is 2.66. The number of carbonyl (C=O) groups is 1. The van der Waals surface area contributed by atoms with Gasteiger partial charge in [0.05, 0.1) is 26.1 Å². The summed E-state index contributed by atoms with van der Waals surface area (Å²) in [6.45, 7) is 2.16. The number of carbonyl (C=O) groups excluding carboxylic acids is 1. The Kier molecular flexibility index (Phi) is 8.60. The number of amides is 1. The Morgan fingerprint density at radius 3 is 2.63 bits per heavy atom. The van der Waals surface area contributed by atoms with Crippen LogP contribution < -0.4 is 10.6 Å². The molecule has 1 aromatic heterocycles. The molecule has 10 heteroatoms. The lowest BCUT2D eigenvalue weighted by Gasteiger charge is -2.26. The first-order valence-electron chi connectivity index (χ1n) is 8.05. The molecule has 0 saturated heterocycles. The zero-order valence-corrected chi connectivity index (χ0v) is 15.8. The molecule has 0 aliphatic carbocycles. The largest absolute Gasteiger partial charge is 0.481 e. The maximum Gasteiger partial charge on any atom is 0.263 e. The summed E-state index contributed by atoms with van der Waals surface area (Å²) in [6.07, 6.45) is 2.38. The van der Waals surface area contributed by atoms with Crippen LogP contribution in [0.3, 0.4) is 0 Å². The number of rotatable bonds is 9. The van der Waals surface area contributed by atoms with Gasteiger partial charge < -0.3 is 25.0 Å². The van der Waals surface area contributed by atoms with E-state index in [-0.39, 0.29) is 34.9 Å². The molecule has 1 amide bonds. The number of anilines is 1. The van der Waals surface area contributed by atoms with Crippen molar-refractivity contribution in [1.82, 2.24) is 15.2 Å². The molecule has 0 bridgehead atoms. The van der Waals surface area contributed by atoms with E-state index in [4.69, 9.17) is 25.7 Å². The van der Waals surface area contributed by atoms with Gasteiger partial charge in [-0.1, -0.05) is 6.07 Å². The van der Waals surface area contributed by atoms with Crippen LogP contribution in [0.1, 0.15) is 12.6 Å². The molecule has 0 saturated carbocycles.